The molecule has 0 bridgehead atoms. The average molecular weight is 315 g/mol. The second-order valence-corrected chi connectivity index (χ2v) is 5.03. The molecule has 0 heterocycles. The summed E-state index contributed by atoms with van der Waals surface area (Å²) in [4.78, 5) is 14.2. The lowest BCUT2D eigenvalue weighted by Crippen LogP contribution is -2.13. The number of nitro benzene ring substituents is 1. The molecule has 120 valence electrons. The first-order valence-electron chi connectivity index (χ1n) is 6.84. The number of aromatic hydroxyl groups is 1. The van der Waals surface area contributed by atoms with Crippen LogP contribution in [0.4, 0.5) is 5.69 Å². The van der Waals surface area contributed by atoms with Crippen LogP contribution in [0.2, 0.25) is 0 Å². The number of non-ortho nitro benzene ring substituents is 1. The van der Waals surface area contributed by atoms with Gasteiger partial charge in [0.25, 0.3) is 5.69 Å². The Hall–Kier alpha value is -2.93. The van der Waals surface area contributed by atoms with Gasteiger partial charge in [-0.25, -0.2) is 0 Å². The van der Waals surface area contributed by atoms with Gasteiger partial charge in [0.2, 0.25) is 0 Å². The molecule has 0 saturated carbocycles. The molecule has 2 atom stereocenters. The number of aliphatic hydroxyl groups excluding tert-OH is 1. The molecule has 2 aromatic rings. The van der Waals surface area contributed by atoms with Gasteiger partial charge in [-0.3, -0.25) is 15.1 Å². The smallest absolute Gasteiger partial charge is 0.270 e. The Labute approximate surface area is 132 Å². The Bertz CT molecular complexity index is 728. The Kier molecular flexibility index (Phi) is 4.92. The maximum absolute atomic E-state index is 11.7. The summed E-state index contributed by atoms with van der Waals surface area (Å²) < 4.78 is 0. The highest BCUT2D eigenvalue weighted by Gasteiger charge is 2.15. The van der Waals surface area contributed by atoms with Gasteiger partial charge in [0, 0.05) is 18.3 Å². The number of aliphatic hydroxyl groups is 1. The minimum Gasteiger partial charge on any atom is -0.872 e. The van der Waals surface area contributed by atoms with Crippen LogP contribution in [0.5, 0.6) is 11.5 Å². The molecule has 7 nitrogen and oxygen atoms in total. The van der Waals surface area contributed by atoms with Crippen molar-refractivity contribution in [3.05, 3.63) is 63.7 Å². The molecule has 23 heavy (non-hydrogen) atoms. The van der Waals surface area contributed by atoms with E-state index in [2.05, 4.69) is 4.99 Å². The molecule has 0 aliphatic carbocycles. The quantitative estimate of drug-likeness (QED) is 0.496. The summed E-state index contributed by atoms with van der Waals surface area (Å²) in [5.41, 5.74) is 0.454. The van der Waals surface area contributed by atoms with E-state index in [4.69, 9.17) is 0 Å². The fraction of sp³-hybridized carbons (Fsp3) is 0.188. The third kappa shape index (κ3) is 4.04. The van der Waals surface area contributed by atoms with Gasteiger partial charge in [0.15, 0.2) is 0 Å². The molecule has 0 spiro atoms. The lowest BCUT2D eigenvalue weighted by molar-refractivity contribution is -0.385. The van der Waals surface area contributed by atoms with E-state index in [1.54, 1.807) is 19.1 Å². The van der Waals surface area contributed by atoms with Gasteiger partial charge in [-0.2, -0.15) is 0 Å². The Morgan fingerprint density at radius 3 is 2.48 bits per heavy atom. The Balaban J connectivity index is 2.17. The highest BCUT2D eigenvalue weighted by Crippen LogP contribution is 2.23. The van der Waals surface area contributed by atoms with Crippen molar-refractivity contribution >= 4 is 11.9 Å². The molecule has 0 amide bonds. The predicted molar refractivity (Wildman–Crippen MR) is 82.7 cm³/mol. The number of phenols is 1. The second kappa shape index (κ2) is 6.89. The Morgan fingerprint density at radius 2 is 1.87 bits per heavy atom. The van der Waals surface area contributed by atoms with Gasteiger partial charge in [0.05, 0.1) is 11.0 Å². The van der Waals surface area contributed by atoms with E-state index >= 15 is 0 Å². The fourth-order valence-electron chi connectivity index (χ4n) is 1.98. The van der Waals surface area contributed by atoms with Gasteiger partial charge < -0.3 is 15.3 Å². The van der Waals surface area contributed by atoms with E-state index in [0.717, 1.165) is 18.2 Å². The van der Waals surface area contributed by atoms with E-state index < -0.39 is 17.1 Å². The van der Waals surface area contributed by atoms with Crippen LogP contribution in [0.1, 0.15) is 24.2 Å². The minimum absolute atomic E-state index is 0.0870. The van der Waals surface area contributed by atoms with Crippen LogP contribution >= 0.6 is 0 Å². The van der Waals surface area contributed by atoms with Gasteiger partial charge in [-0.05, 0) is 30.2 Å². The van der Waals surface area contributed by atoms with Crippen molar-refractivity contribution in [1.29, 1.82) is 0 Å². The number of benzene rings is 2. The van der Waals surface area contributed by atoms with Crippen molar-refractivity contribution < 1.29 is 20.2 Å². The van der Waals surface area contributed by atoms with E-state index in [-0.39, 0.29) is 22.7 Å². The van der Waals surface area contributed by atoms with E-state index in [1.807, 2.05) is 0 Å². The molecular weight excluding hydrogens is 300 g/mol. The first-order chi connectivity index (χ1) is 10.9. The van der Waals surface area contributed by atoms with Crippen LogP contribution in [0.3, 0.4) is 0 Å². The van der Waals surface area contributed by atoms with Gasteiger partial charge in [0.1, 0.15) is 11.9 Å². The SMILES string of the molecule is C[C@H](N=Cc1cc([N+](=O)[O-])ccc1[O-])[C@H](O)c1ccc(O)cc1. The highest BCUT2D eigenvalue weighted by atomic mass is 16.6. The van der Waals surface area contributed by atoms with Crippen LogP contribution in [0, 0.1) is 10.1 Å². The summed E-state index contributed by atoms with van der Waals surface area (Å²) in [5, 5.41) is 41.8. The molecule has 0 radical (unpaired) electrons. The molecule has 0 aliphatic rings. The summed E-state index contributed by atoms with van der Waals surface area (Å²) in [7, 11) is 0. The number of hydrogen-bond donors (Lipinski definition) is 2. The lowest BCUT2D eigenvalue weighted by Gasteiger charge is -2.16. The standard InChI is InChI=1S/C16H16N2O5/c1-10(16(21)11-2-5-14(19)6-3-11)17-9-12-8-13(18(22)23)4-7-15(12)20/h2-10,16,19-21H,1H3/p-1/t10-,16-/m0/s1. The van der Waals surface area contributed by atoms with Gasteiger partial charge in [-0.1, -0.05) is 23.9 Å². The van der Waals surface area contributed by atoms with Crippen LogP contribution < -0.4 is 5.11 Å². The van der Waals surface area contributed by atoms with Crippen LogP contribution in [0.25, 0.3) is 0 Å². The van der Waals surface area contributed by atoms with Crippen molar-refractivity contribution in [2.75, 3.05) is 0 Å². The zero-order valence-corrected chi connectivity index (χ0v) is 12.3. The first-order valence-corrected chi connectivity index (χ1v) is 6.84. The largest absolute Gasteiger partial charge is 0.872 e. The molecular formula is C16H15N2O5-. The monoisotopic (exact) mass is 315 g/mol. The van der Waals surface area contributed by atoms with Gasteiger partial charge >= 0.3 is 0 Å². The maximum Gasteiger partial charge on any atom is 0.270 e. The number of phenolic OH excluding ortho intramolecular Hbond substituents is 1. The molecule has 0 unspecified atom stereocenters. The van der Waals surface area contributed by atoms with Gasteiger partial charge in [-0.15, -0.1) is 0 Å². The molecule has 2 rings (SSSR count). The zero-order chi connectivity index (χ0) is 17.0. The highest BCUT2D eigenvalue weighted by molar-refractivity contribution is 5.84. The third-order valence-corrected chi connectivity index (χ3v) is 3.34. The molecule has 2 N–H and O–H groups in total. The first kappa shape index (κ1) is 16.4. The normalized spacial score (nSPS) is 13.8. The summed E-state index contributed by atoms with van der Waals surface area (Å²) in [6.45, 7) is 1.65. The molecule has 0 aromatic heterocycles. The summed E-state index contributed by atoms with van der Waals surface area (Å²) in [6.07, 6.45) is 0.296. The van der Waals surface area contributed by atoms with Crippen molar-refractivity contribution in [2.45, 2.75) is 19.1 Å². The van der Waals surface area contributed by atoms with Crippen LogP contribution in [-0.4, -0.2) is 27.4 Å². The van der Waals surface area contributed by atoms with Crippen LogP contribution in [0.15, 0.2) is 47.5 Å². The molecule has 2 aromatic carbocycles. The molecule has 0 saturated heterocycles. The van der Waals surface area contributed by atoms with Crippen molar-refractivity contribution in [2.24, 2.45) is 4.99 Å². The number of aliphatic imine (C=N–C) groups is 1. The second-order valence-electron chi connectivity index (χ2n) is 5.03. The maximum atomic E-state index is 11.7. The number of nitrogens with zero attached hydrogens (tertiary/aromatic N) is 2. The predicted octanol–water partition coefficient (Wildman–Crippen LogP) is 1.91. The zero-order valence-electron chi connectivity index (χ0n) is 12.3. The number of rotatable bonds is 5. The topological polar surface area (TPSA) is 119 Å². The van der Waals surface area contributed by atoms with Crippen molar-refractivity contribution in [1.82, 2.24) is 0 Å². The number of nitro groups is 1. The lowest BCUT2D eigenvalue weighted by atomic mass is 10.0. The summed E-state index contributed by atoms with van der Waals surface area (Å²) in [6, 6.07) is 8.85. The third-order valence-electron chi connectivity index (χ3n) is 3.34. The fourth-order valence-corrected chi connectivity index (χ4v) is 1.98. The molecule has 7 heteroatoms. The minimum atomic E-state index is -0.930. The van der Waals surface area contributed by atoms with Crippen molar-refractivity contribution in [3.8, 4) is 11.5 Å². The van der Waals surface area contributed by atoms with E-state index in [9.17, 15) is 25.4 Å². The number of hydrogen-bond acceptors (Lipinski definition) is 6. The van der Waals surface area contributed by atoms with E-state index in [0.29, 0.717) is 5.56 Å². The molecule has 0 aliphatic heterocycles. The van der Waals surface area contributed by atoms with Crippen molar-refractivity contribution in [3.63, 3.8) is 0 Å². The summed E-state index contributed by atoms with van der Waals surface area (Å²) >= 11 is 0. The Morgan fingerprint density at radius 1 is 1.22 bits per heavy atom. The van der Waals surface area contributed by atoms with Crippen LogP contribution in [-0.2, 0) is 0 Å². The average Bonchev–Trinajstić information content (AvgIpc) is 2.53. The summed E-state index contributed by atoms with van der Waals surface area (Å²) in [5.74, 6) is -0.296. The van der Waals surface area contributed by atoms with E-state index in [1.165, 1.54) is 18.3 Å². The molecule has 0 fully saturated rings.